The van der Waals surface area contributed by atoms with Crippen LogP contribution in [-0.2, 0) is 11.4 Å². The Hall–Kier alpha value is -3.09. The minimum atomic E-state index is -0.293. The van der Waals surface area contributed by atoms with E-state index in [9.17, 15) is 9.59 Å². The van der Waals surface area contributed by atoms with E-state index in [0.717, 1.165) is 11.1 Å². The number of nitrogens with one attached hydrogen (secondary N) is 1. The molecule has 3 aromatic rings. The van der Waals surface area contributed by atoms with Crippen molar-refractivity contribution in [2.24, 2.45) is 0 Å². The van der Waals surface area contributed by atoms with Crippen molar-refractivity contribution in [2.45, 2.75) is 20.5 Å². The van der Waals surface area contributed by atoms with E-state index in [1.807, 2.05) is 43.3 Å². The van der Waals surface area contributed by atoms with Gasteiger partial charge in [-0.25, -0.2) is 0 Å². The molecule has 3 aromatic carbocycles. The van der Waals surface area contributed by atoms with E-state index in [1.165, 1.54) is 13.0 Å². The monoisotopic (exact) mass is 527 g/mol. The lowest BCUT2D eigenvalue weighted by Crippen LogP contribution is -2.07. The van der Waals surface area contributed by atoms with E-state index >= 15 is 0 Å². The van der Waals surface area contributed by atoms with Gasteiger partial charge in [0.1, 0.15) is 6.61 Å². The maximum absolute atomic E-state index is 12.3. The molecule has 0 unspecified atom stereocenters. The third-order valence-corrected chi connectivity index (χ3v) is 5.61. The van der Waals surface area contributed by atoms with Crippen LogP contribution >= 0.6 is 27.5 Å². The molecule has 0 saturated carbocycles. The van der Waals surface area contributed by atoms with Gasteiger partial charge in [0.05, 0.1) is 11.1 Å². The van der Waals surface area contributed by atoms with Crippen molar-refractivity contribution in [1.29, 1.82) is 0 Å². The Labute approximate surface area is 206 Å². The molecule has 1 N–H and O–H groups in total. The smallest absolute Gasteiger partial charge is 0.248 e. The molecule has 170 valence electrons. The number of hydrogen-bond donors (Lipinski definition) is 1. The van der Waals surface area contributed by atoms with Crippen molar-refractivity contribution in [3.8, 4) is 11.5 Å². The first-order chi connectivity index (χ1) is 15.9. The van der Waals surface area contributed by atoms with Crippen LogP contribution in [0.2, 0.25) is 5.02 Å². The molecule has 0 heterocycles. The van der Waals surface area contributed by atoms with E-state index in [0.29, 0.717) is 45.5 Å². The van der Waals surface area contributed by atoms with Gasteiger partial charge in [0, 0.05) is 27.9 Å². The summed E-state index contributed by atoms with van der Waals surface area (Å²) < 4.78 is 12.4. The van der Waals surface area contributed by atoms with Gasteiger partial charge in [0.2, 0.25) is 5.91 Å². The highest BCUT2D eigenvalue weighted by molar-refractivity contribution is 9.10. The average molecular weight is 529 g/mol. The Kier molecular flexibility index (Phi) is 8.69. The predicted molar refractivity (Wildman–Crippen MR) is 135 cm³/mol. The zero-order valence-corrected chi connectivity index (χ0v) is 20.6. The second-order valence-corrected chi connectivity index (χ2v) is 8.36. The van der Waals surface area contributed by atoms with Crippen molar-refractivity contribution in [3.05, 3.63) is 92.9 Å². The van der Waals surface area contributed by atoms with E-state index in [4.69, 9.17) is 21.1 Å². The third kappa shape index (κ3) is 6.94. The summed E-state index contributed by atoms with van der Waals surface area (Å²) in [4.78, 5) is 23.7. The van der Waals surface area contributed by atoms with Crippen LogP contribution < -0.4 is 14.8 Å². The molecule has 0 fully saturated rings. The van der Waals surface area contributed by atoms with Crippen LogP contribution in [0.4, 0.5) is 5.69 Å². The molecule has 3 rings (SSSR count). The maximum atomic E-state index is 12.3. The molecule has 33 heavy (non-hydrogen) atoms. The Morgan fingerprint density at radius 1 is 1.06 bits per heavy atom. The molecule has 0 spiro atoms. The fourth-order valence-corrected chi connectivity index (χ4v) is 3.76. The quantitative estimate of drug-likeness (QED) is 0.241. The van der Waals surface area contributed by atoms with Crippen LogP contribution in [0.5, 0.6) is 11.5 Å². The Morgan fingerprint density at radius 2 is 1.79 bits per heavy atom. The molecule has 0 aliphatic heterocycles. The molecule has 0 aromatic heterocycles. The highest BCUT2D eigenvalue weighted by Gasteiger charge is 2.13. The lowest BCUT2D eigenvalue weighted by atomic mass is 10.1. The first-order valence-corrected chi connectivity index (χ1v) is 11.5. The average Bonchev–Trinajstić information content (AvgIpc) is 2.79. The number of amides is 1. The van der Waals surface area contributed by atoms with Gasteiger partial charge in [-0.1, -0.05) is 29.8 Å². The van der Waals surface area contributed by atoms with Gasteiger partial charge in [0.25, 0.3) is 0 Å². The lowest BCUT2D eigenvalue weighted by molar-refractivity contribution is -0.111. The van der Waals surface area contributed by atoms with Crippen LogP contribution in [0.25, 0.3) is 6.08 Å². The number of halogens is 2. The molecular formula is C26H23BrClNO4. The van der Waals surface area contributed by atoms with Crippen LogP contribution in [0.15, 0.2) is 71.2 Å². The molecule has 5 nitrogen and oxygen atoms in total. The number of ketones is 1. The van der Waals surface area contributed by atoms with Gasteiger partial charge in [-0.3, -0.25) is 9.59 Å². The van der Waals surface area contributed by atoms with Crippen LogP contribution in [0.3, 0.4) is 0 Å². The van der Waals surface area contributed by atoms with Crippen LogP contribution in [0, 0.1) is 0 Å². The first-order valence-electron chi connectivity index (χ1n) is 10.3. The largest absolute Gasteiger partial charge is 0.490 e. The first kappa shape index (κ1) is 24.6. The van der Waals surface area contributed by atoms with Crippen molar-refractivity contribution in [1.82, 2.24) is 0 Å². The van der Waals surface area contributed by atoms with Gasteiger partial charge in [-0.15, -0.1) is 0 Å². The summed E-state index contributed by atoms with van der Waals surface area (Å²) >= 11 is 9.76. The van der Waals surface area contributed by atoms with Crippen LogP contribution in [0.1, 0.15) is 35.3 Å². The second-order valence-electron chi connectivity index (χ2n) is 7.10. The highest BCUT2D eigenvalue weighted by Crippen LogP contribution is 2.38. The number of carbonyl (C=O) groups is 2. The Bertz CT molecular complexity index is 1180. The molecule has 7 heteroatoms. The number of anilines is 1. The molecule has 0 saturated heterocycles. The van der Waals surface area contributed by atoms with Crippen molar-refractivity contribution in [2.75, 3.05) is 11.9 Å². The number of carbonyl (C=O) groups excluding carboxylic acids is 2. The Balaban J connectivity index is 1.72. The summed E-state index contributed by atoms with van der Waals surface area (Å²) in [6.07, 6.45) is 3.12. The summed E-state index contributed by atoms with van der Waals surface area (Å²) in [5.74, 6) is 0.796. The van der Waals surface area contributed by atoms with Crippen LogP contribution in [-0.4, -0.2) is 18.3 Å². The Morgan fingerprint density at radius 3 is 2.45 bits per heavy atom. The van der Waals surface area contributed by atoms with Crippen molar-refractivity contribution in [3.63, 3.8) is 0 Å². The summed E-state index contributed by atoms with van der Waals surface area (Å²) in [5, 5.41) is 3.40. The van der Waals surface area contributed by atoms with Gasteiger partial charge in [0.15, 0.2) is 17.3 Å². The van der Waals surface area contributed by atoms with E-state index in [-0.39, 0.29) is 11.7 Å². The minimum Gasteiger partial charge on any atom is -0.490 e. The maximum Gasteiger partial charge on any atom is 0.248 e. The number of hydrogen-bond acceptors (Lipinski definition) is 4. The van der Waals surface area contributed by atoms with Gasteiger partial charge in [-0.05, 0) is 83.9 Å². The molecule has 1 amide bonds. The standard InChI is InChI=1S/C26H23BrClNO4/c1-3-32-24-15-18(8-13-25(31)29-21-11-9-19(10-12-21)17(2)30)14-22(27)26(24)33-16-20-6-4-5-7-23(20)28/h4-15H,3,16H2,1-2H3,(H,29,31)/b13-8+. The molecule has 0 aliphatic rings. The van der Waals surface area contributed by atoms with Crippen molar-refractivity contribution < 1.29 is 19.1 Å². The summed E-state index contributed by atoms with van der Waals surface area (Å²) in [6, 6.07) is 17.9. The number of Topliss-reactive ketones (excluding diaryl/α,β-unsaturated/α-hetero) is 1. The third-order valence-electron chi connectivity index (χ3n) is 4.65. The number of benzene rings is 3. The zero-order chi connectivity index (χ0) is 23.8. The second kappa shape index (κ2) is 11.7. The molecular weight excluding hydrogens is 506 g/mol. The molecule has 0 aliphatic carbocycles. The van der Waals surface area contributed by atoms with Gasteiger partial charge >= 0.3 is 0 Å². The van der Waals surface area contributed by atoms with Gasteiger partial charge < -0.3 is 14.8 Å². The van der Waals surface area contributed by atoms with Gasteiger partial charge in [-0.2, -0.15) is 0 Å². The SMILES string of the molecule is CCOc1cc(/C=C/C(=O)Nc2ccc(C(C)=O)cc2)cc(Br)c1OCc1ccccc1Cl. The van der Waals surface area contributed by atoms with Crippen molar-refractivity contribution >= 4 is 51.0 Å². The highest BCUT2D eigenvalue weighted by atomic mass is 79.9. The lowest BCUT2D eigenvalue weighted by Gasteiger charge is -2.15. The van der Waals surface area contributed by atoms with E-state index in [1.54, 1.807) is 30.3 Å². The normalized spacial score (nSPS) is 10.8. The summed E-state index contributed by atoms with van der Waals surface area (Å²) in [5.41, 5.74) is 2.82. The van der Waals surface area contributed by atoms with E-state index < -0.39 is 0 Å². The molecule has 0 bridgehead atoms. The summed E-state index contributed by atoms with van der Waals surface area (Å²) in [7, 11) is 0. The fourth-order valence-electron chi connectivity index (χ4n) is 3.00. The minimum absolute atomic E-state index is 0.0252. The molecule has 0 radical (unpaired) electrons. The zero-order valence-electron chi connectivity index (χ0n) is 18.2. The number of ether oxygens (including phenoxy) is 2. The van der Waals surface area contributed by atoms with E-state index in [2.05, 4.69) is 21.2 Å². The molecule has 0 atom stereocenters. The fraction of sp³-hybridized carbons (Fsp3) is 0.154. The topological polar surface area (TPSA) is 64.6 Å². The summed E-state index contributed by atoms with van der Waals surface area (Å²) in [6.45, 7) is 4.13. The predicted octanol–water partition coefficient (Wildman–Crippen LogP) is 6.93. The number of rotatable bonds is 9.